The summed E-state index contributed by atoms with van der Waals surface area (Å²) in [6.45, 7) is 1.88. The maximum atomic E-state index is 13.8. The molecule has 8 nitrogen and oxygen atoms in total. The van der Waals surface area contributed by atoms with E-state index in [1.807, 2.05) is 80.8 Å². The van der Waals surface area contributed by atoms with Gasteiger partial charge in [-0.2, -0.15) is 0 Å². The van der Waals surface area contributed by atoms with Crippen LogP contribution in [-0.2, 0) is 11.3 Å². The van der Waals surface area contributed by atoms with Gasteiger partial charge in [-0.25, -0.2) is 4.98 Å². The van der Waals surface area contributed by atoms with Crippen LogP contribution in [0.15, 0.2) is 84.4 Å². The van der Waals surface area contributed by atoms with E-state index < -0.39 is 6.04 Å². The molecule has 210 valence electrons. The van der Waals surface area contributed by atoms with E-state index in [2.05, 4.69) is 20.5 Å². The number of hydrogen-bond donors (Lipinski definition) is 2. The molecule has 3 aromatic carbocycles. The van der Waals surface area contributed by atoms with Gasteiger partial charge in [0.2, 0.25) is 0 Å². The van der Waals surface area contributed by atoms with Gasteiger partial charge in [-0.1, -0.05) is 60.7 Å². The first-order chi connectivity index (χ1) is 19.9. The molecule has 3 amide bonds. The van der Waals surface area contributed by atoms with E-state index in [0.717, 1.165) is 41.6 Å². The topological polar surface area (TPSA) is 94.6 Å². The van der Waals surface area contributed by atoms with E-state index in [1.165, 1.54) is 11.3 Å². The Morgan fingerprint density at radius 2 is 1.78 bits per heavy atom. The van der Waals surface area contributed by atoms with Gasteiger partial charge in [-0.15, -0.1) is 11.3 Å². The molecule has 1 unspecified atom stereocenters. The highest BCUT2D eigenvalue weighted by molar-refractivity contribution is 7.13. The molecule has 1 aliphatic heterocycles. The Labute approximate surface area is 244 Å². The van der Waals surface area contributed by atoms with Crippen molar-refractivity contribution in [1.82, 2.24) is 20.1 Å². The molecule has 0 aliphatic carbocycles. The smallest absolute Gasteiger partial charge is 0.255 e. The third-order valence-electron chi connectivity index (χ3n) is 7.08. The molecule has 9 heteroatoms. The van der Waals surface area contributed by atoms with Gasteiger partial charge in [-0.3, -0.25) is 19.7 Å². The summed E-state index contributed by atoms with van der Waals surface area (Å²) in [5.41, 5.74) is 4.19. The van der Waals surface area contributed by atoms with E-state index in [9.17, 15) is 14.4 Å². The molecule has 1 aromatic heterocycles. The van der Waals surface area contributed by atoms with Crippen LogP contribution in [0.5, 0.6) is 0 Å². The molecule has 2 heterocycles. The average Bonchev–Trinajstić information content (AvgIpc) is 3.61. The molecule has 0 saturated heterocycles. The highest BCUT2D eigenvalue weighted by atomic mass is 32.1. The zero-order chi connectivity index (χ0) is 28.8. The quantitative estimate of drug-likeness (QED) is 0.243. The lowest BCUT2D eigenvalue weighted by Gasteiger charge is -2.27. The fourth-order valence-corrected chi connectivity index (χ4v) is 5.58. The third kappa shape index (κ3) is 6.53. The molecule has 41 heavy (non-hydrogen) atoms. The van der Waals surface area contributed by atoms with Crippen molar-refractivity contribution in [3.63, 3.8) is 0 Å². The Bertz CT molecular complexity index is 1520. The summed E-state index contributed by atoms with van der Waals surface area (Å²) < 4.78 is 0. The van der Waals surface area contributed by atoms with E-state index in [-0.39, 0.29) is 17.7 Å². The van der Waals surface area contributed by atoms with Gasteiger partial charge in [0.15, 0.2) is 5.13 Å². The van der Waals surface area contributed by atoms with Crippen LogP contribution in [0.4, 0.5) is 5.13 Å². The number of nitrogens with one attached hydrogen (secondary N) is 2. The van der Waals surface area contributed by atoms with E-state index in [0.29, 0.717) is 29.3 Å². The highest BCUT2D eigenvalue weighted by Gasteiger charge is 2.38. The second-order valence-electron chi connectivity index (χ2n) is 10.3. The molecule has 5 rings (SSSR count). The Kier molecular flexibility index (Phi) is 8.86. The van der Waals surface area contributed by atoms with Crippen LogP contribution in [0.25, 0.3) is 11.1 Å². The van der Waals surface area contributed by atoms with E-state index in [4.69, 9.17) is 0 Å². The summed E-state index contributed by atoms with van der Waals surface area (Å²) in [6.07, 6.45) is 3.53. The van der Waals surface area contributed by atoms with Gasteiger partial charge in [0, 0.05) is 35.8 Å². The third-order valence-corrected chi connectivity index (χ3v) is 7.77. The molecule has 1 atom stereocenters. The molecule has 2 N–H and O–H groups in total. The lowest BCUT2D eigenvalue weighted by molar-refractivity contribution is -0.120. The molecular formula is C32H33N5O3S. The van der Waals surface area contributed by atoms with Gasteiger partial charge >= 0.3 is 0 Å². The number of benzene rings is 3. The van der Waals surface area contributed by atoms with Crippen molar-refractivity contribution >= 4 is 34.2 Å². The number of nitrogens with zero attached hydrogens (tertiary/aromatic N) is 3. The fraction of sp³-hybridized carbons (Fsp3) is 0.250. The molecule has 0 radical (unpaired) electrons. The minimum atomic E-state index is -0.825. The number of rotatable bonds is 11. The number of amides is 3. The summed E-state index contributed by atoms with van der Waals surface area (Å²) in [4.78, 5) is 48.3. The SMILES string of the molecule is CN(C)CCCCNC(=O)c1ccccc1-c1ccc2c(c1)C(=O)N(C(C(=O)Nc1nccs1)c1ccccc1)C2. The second kappa shape index (κ2) is 12.9. The molecular weight excluding hydrogens is 534 g/mol. The number of unbranched alkanes of at least 4 members (excludes halogenated alkanes) is 1. The summed E-state index contributed by atoms with van der Waals surface area (Å²) >= 11 is 1.32. The van der Waals surface area contributed by atoms with E-state index >= 15 is 0 Å². The minimum absolute atomic E-state index is 0.137. The Balaban J connectivity index is 1.38. The van der Waals surface area contributed by atoms with Crippen LogP contribution >= 0.6 is 11.3 Å². The van der Waals surface area contributed by atoms with Crippen molar-refractivity contribution < 1.29 is 14.4 Å². The van der Waals surface area contributed by atoms with Crippen LogP contribution in [0.3, 0.4) is 0 Å². The molecule has 4 aromatic rings. The van der Waals surface area contributed by atoms with Gasteiger partial charge in [-0.05, 0) is 67.9 Å². The first kappa shape index (κ1) is 28.2. The van der Waals surface area contributed by atoms with Crippen molar-refractivity contribution in [2.75, 3.05) is 32.5 Å². The minimum Gasteiger partial charge on any atom is -0.352 e. The van der Waals surface area contributed by atoms with Gasteiger partial charge < -0.3 is 15.1 Å². The highest BCUT2D eigenvalue weighted by Crippen LogP contribution is 2.35. The maximum Gasteiger partial charge on any atom is 0.255 e. The zero-order valence-electron chi connectivity index (χ0n) is 23.2. The molecule has 0 spiro atoms. The molecule has 1 aliphatic rings. The lowest BCUT2D eigenvalue weighted by Crippen LogP contribution is -2.37. The number of anilines is 1. The Hall–Kier alpha value is -4.34. The number of aromatic nitrogens is 1. The van der Waals surface area contributed by atoms with Gasteiger partial charge in [0.25, 0.3) is 17.7 Å². The van der Waals surface area contributed by atoms with Crippen LogP contribution in [0, 0.1) is 0 Å². The molecule has 0 saturated carbocycles. The van der Waals surface area contributed by atoms with Crippen LogP contribution in [-0.4, -0.2) is 59.7 Å². The number of fused-ring (bicyclic) bond motifs is 1. The Morgan fingerprint density at radius 1 is 1.00 bits per heavy atom. The summed E-state index contributed by atoms with van der Waals surface area (Å²) in [5, 5.41) is 8.16. The predicted molar refractivity (Wildman–Crippen MR) is 162 cm³/mol. The predicted octanol–water partition coefficient (Wildman–Crippen LogP) is 5.22. The van der Waals surface area contributed by atoms with Crippen molar-refractivity contribution in [1.29, 1.82) is 0 Å². The van der Waals surface area contributed by atoms with Crippen LogP contribution < -0.4 is 10.6 Å². The van der Waals surface area contributed by atoms with Crippen molar-refractivity contribution in [2.24, 2.45) is 0 Å². The summed E-state index contributed by atoms with van der Waals surface area (Å²) in [6, 6.07) is 21.6. The van der Waals surface area contributed by atoms with Crippen LogP contribution in [0.1, 0.15) is 50.7 Å². The zero-order valence-corrected chi connectivity index (χ0v) is 24.0. The second-order valence-corrected chi connectivity index (χ2v) is 11.2. The lowest BCUT2D eigenvalue weighted by atomic mass is 9.96. The number of hydrogen-bond acceptors (Lipinski definition) is 6. The maximum absolute atomic E-state index is 13.8. The fourth-order valence-electron chi connectivity index (χ4n) is 5.05. The van der Waals surface area contributed by atoms with Gasteiger partial charge in [0.1, 0.15) is 6.04 Å². The largest absolute Gasteiger partial charge is 0.352 e. The molecule has 0 bridgehead atoms. The van der Waals surface area contributed by atoms with E-state index in [1.54, 1.807) is 22.5 Å². The van der Waals surface area contributed by atoms with Crippen molar-refractivity contribution in [2.45, 2.75) is 25.4 Å². The Morgan fingerprint density at radius 3 is 2.54 bits per heavy atom. The first-order valence-electron chi connectivity index (χ1n) is 13.6. The summed E-state index contributed by atoms with van der Waals surface area (Å²) in [5.74, 6) is -0.685. The standard InChI is InChI=1S/C32H33N5O3S/c1-36(2)18-9-8-16-33-29(38)26-13-7-6-12-25(26)23-14-15-24-21-37(31(40)27(24)20-23)28(22-10-4-3-5-11-22)30(39)35-32-34-17-19-41-32/h3-7,10-15,17,19-20,28H,8-9,16,18,21H2,1-2H3,(H,33,38)(H,34,35,39). The first-order valence-corrected chi connectivity index (χ1v) is 14.5. The summed E-state index contributed by atoms with van der Waals surface area (Å²) in [7, 11) is 4.07. The van der Waals surface area contributed by atoms with Crippen molar-refractivity contribution in [3.8, 4) is 11.1 Å². The van der Waals surface area contributed by atoms with Gasteiger partial charge in [0.05, 0.1) is 0 Å². The monoisotopic (exact) mass is 567 g/mol. The number of carbonyl (C=O) groups is 3. The van der Waals surface area contributed by atoms with Crippen LogP contribution in [0.2, 0.25) is 0 Å². The number of thiazole rings is 1. The average molecular weight is 568 g/mol. The molecule has 0 fully saturated rings. The normalized spacial score (nSPS) is 13.2. The number of carbonyl (C=O) groups excluding carboxylic acids is 3. The van der Waals surface area contributed by atoms with Crippen molar-refractivity contribution in [3.05, 3.63) is 107 Å².